The van der Waals surface area contributed by atoms with Gasteiger partial charge in [-0.05, 0) is 24.4 Å². The van der Waals surface area contributed by atoms with Gasteiger partial charge in [0, 0.05) is 4.88 Å². The highest BCUT2D eigenvalue weighted by Gasteiger charge is 2.08. The molecule has 1 atom stereocenters. The van der Waals surface area contributed by atoms with Crippen LogP contribution in [0.5, 0.6) is 0 Å². The number of rotatable bonds is 4. The van der Waals surface area contributed by atoms with E-state index in [1.807, 2.05) is 17.5 Å². The van der Waals surface area contributed by atoms with Crippen molar-refractivity contribution in [2.45, 2.75) is 19.4 Å². The number of hydrogen-bond acceptors (Lipinski definition) is 3. The molecule has 1 aromatic rings. The Morgan fingerprint density at radius 2 is 2.58 bits per heavy atom. The molecule has 0 aliphatic rings. The van der Waals surface area contributed by atoms with Gasteiger partial charge in [-0.25, -0.2) is 0 Å². The average Bonchev–Trinajstić information content (AvgIpc) is 2.59. The highest BCUT2D eigenvalue weighted by molar-refractivity contribution is 7.10. The van der Waals surface area contributed by atoms with E-state index in [2.05, 4.69) is 18.3 Å². The lowest BCUT2D eigenvalue weighted by molar-refractivity contribution is 0.628. The monoisotopic (exact) mass is 180 g/mol. The van der Waals surface area contributed by atoms with Crippen molar-refractivity contribution in [3.63, 3.8) is 0 Å². The largest absolute Gasteiger partial charge is 0.298 e. The maximum atomic E-state index is 8.82. The molecule has 0 aliphatic heterocycles. The highest BCUT2D eigenvalue weighted by atomic mass is 32.1. The lowest BCUT2D eigenvalue weighted by Crippen LogP contribution is -2.19. The Morgan fingerprint density at radius 1 is 1.75 bits per heavy atom. The van der Waals surface area contributed by atoms with Crippen LogP contribution in [-0.2, 0) is 0 Å². The fourth-order valence-corrected chi connectivity index (χ4v) is 1.70. The summed E-state index contributed by atoms with van der Waals surface area (Å²) < 4.78 is 0. The van der Waals surface area contributed by atoms with E-state index in [0.29, 0.717) is 0 Å². The van der Waals surface area contributed by atoms with Crippen LogP contribution in [0.4, 0.5) is 0 Å². The topological polar surface area (TPSA) is 35.8 Å². The van der Waals surface area contributed by atoms with E-state index < -0.39 is 0 Å². The summed E-state index contributed by atoms with van der Waals surface area (Å²) in [4.78, 5) is 1.10. The third-order valence-corrected chi connectivity index (χ3v) is 2.49. The second-order valence-electron chi connectivity index (χ2n) is 2.53. The Morgan fingerprint density at radius 3 is 3.08 bits per heavy atom. The van der Waals surface area contributed by atoms with Crippen LogP contribution in [-0.4, -0.2) is 6.54 Å². The van der Waals surface area contributed by atoms with Crippen molar-refractivity contribution in [3.8, 4) is 6.07 Å². The zero-order valence-corrected chi connectivity index (χ0v) is 7.90. The van der Waals surface area contributed by atoms with Gasteiger partial charge in [-0.15, -0.1) is 11.3 Å². The van der Waals surface area contributed by atoms with E-state index in [-0.39, 0.29) is 6.04 Å². The quantitative estimate of drug-likeness (QED) is 0.771. The van der Waals surface area contributed by atoms with Crippen LogP contribution in [0, 0.1) is 11.3 Å². The number of hydrogen-bond donors (Lipinski definition) is 1. The minimum absolute atomic E-state index is 0.120. The van der Waals surface area contributed by atoms with Crippen molar-refractivity contribution in [2.75, 3.05) is 6.54 Å². The summed E-state index contributed by atoms with van der Waals surface area (Å²) in [6.07, 6.45) is 1.06. The van der Waals surface area contributed by atoms with Crippen molar-refractivity contribution < 1.29 is 0 Å². The Hall–Kier alpha value is -0.850. The lowest BCUT2D eigenvalue weighted by atomic mass is 10.2. The molecular formula is C9H12N2S. The van der Waals surface area contributed by atoms with Crippen molar-refractivity contribution in [1.82, 2.24) is 5.32 Å². The third kappa shape index (κ3) is 2.33. The van der Waals surface area contributed by atoms with Crippen molar-refractivity contribution in [1.29, 1.82) is 5.26 Å². The minimum Gasteiger partial charge on any atom is -0.298 e. The number of nitriles is 1. The van der Waals surface area contributed by atoms with Crippen LogP contribution in [0.25, 0.3) is 0 Å². The van der Waals surface area contributed by atoms with Gasteiger partial charge in [-0.2, -0.15) is 5.26 Å². The van der Waals surface area contributed by atoms with Crippen LogP contribution in [0.3, 0.4) is 0 Å². The van der Waals surface area contributed by atoms with Crippen LogP contribution < -0.4 is 5.32 Å². The average molecular weight is 180 g/mol. The molecule has 0 fully saturated rings. The molecule has 0 aliphatic carbocycles. The number of nitrogens with one attached hydrogen (secondary N) is 1. The fraction of sp³-hybridized carbons (Fsp3) is 0.444. The molecule has 12 heavy (non-hydrogen) atoms. The lowest BCUT2D eigenvalue weighted by Gasteiger charge is -2.07. The molecule has 1 rings (SSSR count). The van der Waals surface area contributed by atoms with Gasteiger partial charge in [0.05, 0.1) is 6.07 Å². The molecule has 0 aromatic carbocycles. The molecule has 1 aromatic heterocycles. The molecule has 0 bridgehead atoms. The van der Waals surface area contributed by atoms with Crippen LogP contribution in [0.15, 0.2) is 17.5 Å². The van der Waals surface area contributed by atoms with Gasteiger partial charge in [-0.3, -0.25) is 5.32 Å². The van der Waals surface area contributed by atoms with E-state index >= 15 is 0 Å². The first-order valence-electron chi connectivity index (χ1n) is 4.05. The molecule has 0 saturated heterocycles. The van der Waals surface area contributed by atoms with Gasteiger partial charge >= 0.3 is 0 Å². The van der Waals surface area contributed by atoms with E-state index in [4.69, 9.17) is 5.26 Å². The van der Waals surface area contributed by atoms with E-state index in [1.54, 1.807) is 11.3 Å². The standard InChI is InChI=1S/C9H12N2S/c1-2-5-11-8(7-10)9-4-3-6-12-9/h3-4,6,8,11H,2,5H2,1H3. The first kappa shape index (κ1) is 9.24. The van der Waals surface area contributed by atoms with Gasteiger partial charge < -0.3 is 0 Å². The molecule has 0 saturated carbocycles. The predicted octanol–water partition coefficient (Wildman–Crippen LogP) is 2.31. The summed E-state index contributed by atoms with van der Waals surface area (Å²) in [7, 11) is 0. The SMILES string of the molecule is CCCNC(C#N)c1cccs1. The summed E-state index contributed by atoms with van der Waals surface area (Å²) in [5.74, 6) is 0. The number of thiophene rings is 1. The smallest absolute Gasteiger partial charge is 0.130 e. The molecule has 0 amide bonds. The number of nitrogens with zero attached hydrogens (tertiary/aromatic N) is 1. The van der Waals surface area contributed by atoms with Gasteiger partial charge in [0.25, 0.3) is 0 Å². The zero-order valence-electron chi connectivity index (χ0n) is 7.08. The Balaban J connectivity index is 2.53. The summed E-state index contributed by atoms with van der Waals surface area (Å²) >= 11 is 1.62. The maximum Gasteiger partial charge on any atom is 0.130 e. The van der Waals surface area contributed by atoms with Crippen LogP contribution >= 0.6 is 11.3 Å². The molecule has 64 valence electrons. The first-order chi connectivity index (χ1) is 5.88. The normalized spacial score (nSPS) is 12.3. The van der Waals surface area contributed by atoms with Gasteiger partial charge in [0.15, 0.2) is 0 Å². The van der Waals surface area contributed by atoms with E-state index in [0.717, 1.165) is 17.8 Å². The second-order valence-corrected chi connectivity index (χ2v) is 3.51. The molecule has 1 heterocycles. The third-order valence-electron chi connectivity index (χ3n) is 1.56. The zero-order chi connectivity index (χ0) is 8.81. The van der Waals surface area contributed by atoms with E-state index in [9.17, 15) is 0 Å². The Bertz CT molecular complexity index is 248. The van der Waals surface area contributed by atoms with Gasteiger partial charge in [-0.1, -0.05) is 13.0 Å². The van der Waals surface area contributed by atoms with Crippen molar-refractivity contribution in [2.24, 2.45) is 0 Å². The molecule has 0 radical (unpaired) electrons. The first-order valence-corrected chi connectivity index (χ1v) is 4.93. The Labute approximate surface area is 76.8 Å². The van der Waals surface area contributed by atoms with Crippen molar-refractivity contribution >= 4 is 11.3 Å². The molecule has 2 nitrogen and oxygen atoms in total. The van der Waals surface area contributed by atoms with Crippen LogP contribution in [0.2, 0.25) is 0 Å². The van der Waals surface area contributed by atoms with E-state index in [1.165, 1.54) is 0 Å². The molecular weight excluding hydrogens is 168 g/mol. The molecule has 3 heteroatoms. The summed E-state index contributed by atoms with van der Waals surface area (Å²) in [5, 5.41) is 14.0. The molecule has 0 spiro atoms. The predicted molar refractivity (Wildman–Crippen MR) is 51.0 cm³/mol. The van der Waals surface area contributed by atoms with Gasteiger partial charge in [0.2, 0.25) is 0 Å². The summed E-state index contributed by atoms with van der Waals surface area (Å²) in [6, 6.07) is 6.08. The molecule has 1 N–H and O–H groups in total. The van der Waals surface area contributed by atoms with Crippen LogP contribution in [0.1, 0.15) is 24.3 Å². The molecule has 1 unspecified atom stereocenters. The highest BCUT2D eigenvalue weighted by Crippen LogP contribution is 2.17. The van der Waals surface area contributed by atoms with Gasteiger partial charge in [0.1, 0.15) is 6.04 Å². The summed E-state index contributed by atoms with van der Waals surface area (Å²) in [6.45, 7) is 2.99. The maximum absolute atomic E-state index is 8.82. The summed E-state index contributed by atoms with van der Waals surface area (Å²) in [5.41, 5.74) is 0. The Kier molecular flexibility index (Phi) is 3.78. The minimum atomic E-state index is -0.120. The second kappa shape index (κ2) is 4.91. The fourth-order valence-electron chi connectivity index (χ4n) is 0.954. The van der Waals surface area contributed by atoms with Crippen molar-refractivity contribution in [3.05, 3.63) is 22.4 Å².